The highest BCUT2D eigenvalue weighted by molar-refractivity contribution is 5.97. The summed E-state index contributed by atoms with van der Waals surface area (Å²) >= 11 is 0. The Labute approximate surface area is 200 Å². The summed E-state index contributed by atoms with van der Waals surface area (Å²) in [6, 6.07) is 14.2. The van der Waals surface area contributed by atoms with E-state index in [1.54, 1.807) is 35.2 Å². The molecule has 0 unspecified atom stereocenters. The molecule has 2 aromatic carbocycles. The first-order valence-electron chi connectivity index (χ1n) is 12.0. The summed E-state index contributed by atoms with van der Waals surface area (Å²) in [6.07, 6.45) is 4.44. The average Bonchev–Trinajstić information content (AvgIpc) is 3.17. The minimum Gasteiger partial charge on any atom is -0.378 e. The molecule has 180 valence electrons. The Morgan fingerprint density at radius 2 is 1.38 bits per heavy atom. The maximum absolute atomic E-state index is 12.8. The maximum atomic E-state index is 12.8. The highest BCUT2D eigenvalue weighted by Crippen LogP contribution is 2.17. The molecule has 8 nitrogen and oxygen atoms in total. The van der Waals surface area contributed by atoms with E-state index in [1.165, 1.54) is 12.8 Å². The van der Waals surface area contributed by atoms with Gasteiger partial charge in [-0.2, -0.15) is 0 Å². The molecule has 0 bridgehead atoms. The van der Waals surface area contributed by atoms with Crippen molar-refractivity contribution in [3.05, 3.63) is 59.7 Å². The molecule has 0 spiro atoms. The molecule has 4 rings (SSSR count). The minimum atomic E-state index is -0.212. The monoisotopic (exact) mass is 464 g/mol. The third kappa shape index (κ3) is 6.35. The van der Waals surface area contributed by atoms with Crippen molar-refractivity contribution in [3.63, 3.8) is 0 Å². The molecule has 2 aromatic rings. The molecule has 0 aliphatic carbocycles. The minimum absolute atomic E-state index is 0.0301. The Bertz CT molecular complexity index is 994. The van der Waals surface area contributed by atoms with Crippen molar-refractivity contribution in [1.82, 2.24) is 9.80 Å². The van der Waals surface area contributed by atoms with Crippen LogP contribution in [-0.4, -0.2) is 73.5 Å². The second kappa shape index (κ2) is 11.7. The molecule has 0 radical (unpaired) electrons. The molecule has 8 heteroatoms. The molecule has 2 fully saturated rings. The number of hydrogen-bond acceptors (Lipinski definition) is 5. The van der Waals surface area contributed by atoms with E-state index in [4.69, 9.17) is 4.74 Å². The van der Waals surface area contributed by atoms with Crippen LogP contribution in [0.3, 0.4) is 0 Å². The number of likely N-dealkylation sites (tertiary alicyclic amines) is 1. The average molecular weight is 465 g/mol. The molecule has 3 amide bonds. The maximum Gasteiger partial charge on any atom is 0.254 e. The number of carbonyl (C=O) groups excluding carboxylic acids is 3. The summed E-state index contributed by atoms with van der Waals surface area (Å²) < 4.78 is 5.29. The molecule has 0 saturated carbocycles. The predicted octanol–water partition coefficient (Wildman–Crippen LogP) is 3.23. The second-order valence-electron chi connectivity index (χ2n) is 8.67. The molecule has 2 N–H and O–H groups in total. The van der Waals surface area contributed by atoms with Gasteiger partial charge in [0.1, 0.15) is 0 Å². The zero-order valence-electron chi connectivity index (χ0n) is 19.4. The lowest BCUT2D eigenvalue weighted by molar-refractivity contribution is -0.114. The van der Waals surface area contributed by atoms with Gasteiger partial charge < -0.3 is 25.2 Å². The number of rotatable bonds is 6. The van der Waals surface area contributed by atoms with Crippen molar-refractivity contribution in [2.75, 3.05) is 56.6 Å². The third-order valence-electron chi connectivity index (χ3n) is 6.17. The van der Waals surface area contributed by atoms with Gasteiger partial charge in [0.05, 0.1) is 19.8 Å². The van der Waals surface area contributed by atoms with E-state index in [1.807, 2.05) is 23.1 Å². The van der Waals surface area contributed by atoms with Crippen LogP contribution in [-0.2, 0) is 9.53 Å². The first-order valence-corrected chi connectivity index (χ1v) is 12.0. The zero-order chi connectivity index (χ0) is 23.8. The lowest BCUT2D eigenvalue weighted by Gasteiger charge is -2.26. The third-order valence-corrected chi connectivity index (χ3v) is 6.17. The SMILES string of the molecule is O=C(CNc1cccc(C(=O)N2CCCCCC2)c1)Nc1ccc(C(=O)N2CCOCC2)cc1. The standard InChI is InChI=1S/C26H32N4O4/c31-24(28-22-10-8-20(9-11-22)25(32)30-14-16-34-17-15-30)19-27-23-7-5-6-21(18-23)26(33)29-12-3-1-2-4-13-29/h5-11,18,27H,1-4,12-17,19H2,(H,28,31). The molecule has 0 atom stereocenters. The Kier molecular flexibility index (Phi) is 8.14. The molecule has 2 saturated heterocycles. The number of morpholine rings is 1. The summed E-state index contributed by atoms with van der Waals surface area (Å²) in [5.41, 5.74) is 2.56. The van der Waals surface area contributed by atoms with E-state index in [0.29, 0.717) is 43.1 Å². The quantitative estimate of drug-likeness (QED) is 0.685. The summed E-state index contributed by atoms with van der Waals surface area (Å²) in [4.78, 5) is 41.5. The van der Waals surface area contributed by atoms with Gasteiger partial charge in [0, 0.05) is 48.7 Å². The fourth-order valence-electron chi connectivity index (χ4n) is 4.25. The van der Waals surface area contributed by atoms with Crippen LogP contribution in [0.1, 0.15) is 46.4 Å². The summed E-state index contributed by atoms with van der Waals surface area (Å²) in [5.74, 6) is -0.198. The number of ether oxygens (including phenoxy) is 1. The molecule has 0 aromatic heterocycles. The van der Waals surface area contributed by atoms with Crippen LogP contribution in [0.25, 0.3) is 0 Å². The van der Waals surface area contributed by atoms with Crippen molar-refractivity contribution in [3.8, 4) is 0 Å². The van der Waals surface area contributed by atoms with Gasteiger partial charge in [0.15, 0.2) is 0 Å². The lowest BCUT2D eigenvalue weighted by atomic mass is 10.1. The zero-order valence-corrected chi connectivity index (χ0v) is 19.4. The topological polar surface area (TPSA) is 91.0 Å². The van der Waals surface area contributed by atoms with Crippen molar-refractivity contribution in [1.29, 1.82) is 0 Å². The fraction of sp³-hybridized carbons (Fsp3) is 0.423. The van der Waals surface area contributed by atoms with Gasteiger partial charge in [-0.25, -0.2) is 0 Å². The van der Waals surface area contributed by atoms with Gasteiger partial charge in [-0.15, -0.1) is 0 Å². The van der Waals surface area contributed by atoms with Crippen LogP contribution in [0.4, 0.5) is 11.4 Å². The number of nitrogens with zero attached hydrogens (tertiary/aromatic N) is 2. The van der Waals surface area contributed by atoms with Crippen molar-refractivity contribution < 1.29 is 19.1 Å². The van der Waals surface area contributed by atoms with Gasteiger partial charge in [-0.1, -0.05) is 18.9 Å². The van der Waals surface area contributed by atoms with Crippen LogP contribution in [0, 0.1) is 0 Å². The van der Waals surface area contributed by atoms with Gasteiger partial charge in [0.2, 0.25) is 5.91 Å². The van der Waals surface area contributed by atoms with Gasteiger partial charge in [0.25, 0.3) is 11.8 Å². The van der Waals surface area contributed by atoms with E-state index in [0.717, 1.165) is 31.6 Å². The Morgan fingerprint density at radius 1 is 0.735 bits per heavy atom. The molecule has 2 aliphatic heterocycles. The first-order chi connectivity index (χ1) is 16.6. The van der Waals surface area contributed by atoms with E-state index in [9.17, 15) is 14.4 Å². The number of amides is 3. The number of carbonyl (C=O) groups is 3. The number of nitrogens with one attached hydrogen (secondary N) is 2. The summed E-state index contributed by atoms with van der Waals surface area (Å²) in [5, 5.41) is 5.92. The summed E-state index contributed by atoms with van der Waals surface area (Å²) in [6.45, 7) is 3.97. The van der Waals surface area contributed by atoms with E-state index < -0.39 is 0 Å². The Morgan fingerprint density at radius 3 is 2.09 bits per heavy atom. The largest absolute Gasteiger partial charge is 0.378 e. The second-order valence-corrected chi connectivity index (χ2v) is 8.67. The van der Waals surface area contributed by atoms with E-state index in [2.05, 4.69) is 10.6 Å². The Hall–Kier alpha value is -3.39. The highest BCUT2D eigenvalue weighted by atomic mass is 16.5. The smallest absolute Gasteiger partial charge is 0.254 e. The normalized spacial score (nSPS) is 16.5. The van der Waals surface area contributed by atoms with Crippen molar-refractivity contribution in [2.45, 2.75) is 25.7 Å². The van der Waals surface area contributed by atoms with E-state index >= 15 is 0 Å². The lowest BCUT2D eigenvalue weighted by Crippen LogP contribution is -2.40. The van der Waals surface area contributed by atoms with Crippen LogP contribution in [0.5, 0.6) is 0 Å². The number of benzene rings is 2. The Balaban J connectivity index is 1.28. The number of hydrogen-bond donors (Lipinski definition) is 2. The van der Waals surface area contributed by atoms with Crippen LogP contribution in [0.15, 0.2) is 48.5 Å². The molecule has 34 heavy (non-hydrogen) atoms. The fourth-order valence-corrected chi connectivity index (χ4v) is 4.25. The van der Waals surface area contributed by atoms with Gasteiger partial charge in [-0.05, 0) is 55.3 Å². The van der Waals surface area contributed by atoms with Crippen LogP contribution >= 0.6 is 0 Å². The summed E-state index contributed by atoms with van der Waals surface area (Å²) in [7, 11) is 0. The van der Waals surface area contributed by atoms with Crippen molar-refractivity contribution in [2.24, 2.45) is 0 Å². The van der Waals surface area contributed by atoms with Crippen LogP contribution in [0.2, 0.25) is 0 Å². The molecular weight excluding hydrogens is 432 g/mol. The van der Waals surface area contributed by atoms with Crippen LogP contribution < -0.4 is 10.6 Å². The molecule has 2 heterocycles. The molecular formula is C26H32N4O4. The number of anilines is 2. The first kappa shape index (κ1) is 23.8. The van der Waals surface area contributed by atoms with E-state index in [-0.39, 0.29) is 24.3 Å². The molecule has 2 aliphatic rings. The van der Waals surface area contributed by atoms with Gasteiger partial charge >= 0.3 is 0 Å². The predicted molar refractivity (Wildman–Crippen MR) is 131 cm³/mol. The van der Waals surface area contributed by atoms with Gasteiger partial charge in [-0.3, -0.25) is 14.4 Å². The van der Waals surface area contributed by atoms with Crippen molar-refractivity contribution >= 4 is 29.1 Å². The highest BCUT2D eigenvalue weighted by Gasteiger charge is 2.19.